The Hall–Kier alpha value is -0.480. The molecule has 1 heterocycles. The van der Waals surface area contributed by atoms with Gasteiger partial charge in [-0.25, -0.2) is 0 Å². The van der Waals surface area contributed by atoms with Crippen LogP contribution in [0.1, 0.15) is 13.3 Å². The predicted octanol–water partition coefficient (Wildman–Crippen LogP) is 3.32. The Bertz CT molecular complexity index is 368. The SMILES string of the molecule is CCSCCCN1CCSc2ccc(N)cc21. The maximum absolute atomic E-state index is 5.88. The Morgan fingerprint density at radius 1 is 1.47 bits per heavy atom. The van der Waals surface area contributed by atoms with Crippen molar-refractivity contribution in [1.82, 2.24) is 0 Å². The summed E-state index contributed by atoms with van der Waals surface area (Å²) in [6, 6.07) is 6.28. The molecule has 1 aromatic rings. The molecule has 1 aromatic carbocycles. The van der Waals surface area contributed by atoms with Crippen molar-refractivity contribution in [2.24, 2.45) is 0 Å². The van der Waals surface area contributed by atoms with Crippen LogP contribution in [0.25, 0.3) is 0 Å². The Labute approximate surface area is 112 Å². The summed E-state index contributed by atoms with van der Waals surface area (Å²) >= 11 is 3.97. The van der Waals surface area contributed by atoms with Gasteiger partial charge in [0.1, 0.15) is 0 Å². The lowest BCUT2D eigenvalue weighted by atomic mass is 10.2. The summed E-state index contributed by atoms with van der Waals surface area (Å²) in [5.74, 6) is 3.68. The van der Waals surface area contributed by atoms with Gasteiger partial charge < -0.3 is 10.6 Å². The minimum absolute atomic E-state index is 0.874. The van der Waals surface area contributed by atoms with Crippen LogP contribution in [0.5, 0.6) is 0 Å². The van der Waals surface area contributed by atoms with E-state index < -0.39 is 0 Å². The van der Waals surface area contributed by atoms with Crippen molar-refractivity contribution >= 4 is 34.9 Å². The van der Waals surface area contributed by atoms with Crippen molar-refractivity contribution in [2.75, 3.05) is 41.0 Å². The quantitative estimate of drug-likeness (QED) is 0.655. The fourth-order valence-electron chi connectivity index (χ4n) is 2.02. The molecule has 0 saturated carbocycles. The van der Waals surface area contributed by atoms with Gasteiger partial charge in [-0.15, -0.1) is 11.8 Å². The minimum atomic E-state index is 0.874. The largest absolute Gasteiger partial charge is 0.399 e. The second-order valence-electron chi connectivity index (χ2n) is 4.11. The molecule has 0 fully saturated rings. The molecule has 2 nitrogen and oxygen atoms in total. The first-order valence-corrected chi connectivity index (χ1v) is 8.30. The van der Waals surface area contributed by atoms with Gasteiger partial charge in [0.15, 0.2) is 0 Å². The normalized spacial score (nSPS) is 14.8. The number of fused-ring (bicyclic) bond motifs is 1. The Kier molecular flexibility index (Phi) is 4.92. The second-order valence-corrected chi connectivity index (χ2v) is 6.64. The Morgan fingerprint density at radius 2 is 2.35 bits per heavy atom. The van der Waals surface area contributed by atoms with Crippen molar-refractivity contribution in [3.05, 3.63) is 18.2 Å². The van der Waals surface area contributed by atoms with Crippen molar-refractivity contribution in [3.63, 3.8) is 0 Å². The number of anilines is 2. The molecule has 17 heavy (non-hydrogen) atoms. The van der Waals surface area contributed by atoms with Gasteiger partial charge in [0, 0.05) is 29.4 Å². The molecule has 1 aliphatic rings. The third-order valence-electron chi connectivity index (χ3n) is 2.86. The van der Waals surface area contributed by atoms with Gasteiger partial charge in [-0.3, -0.25) is 0 Å². The van der Waals surface area contributed by atoms with Crippen LogP contribution in [0, 0.1) is 0 Å². The van der Waals surface area contributed by atoms with Crippen LogP contribution in [-0.2, 0) is 0 Å². The van der Waals surface area contributed by atoms with E-state index in [2.05, 4.69) is 24.0 Å². The number of nitrogen functional groups attached to an aromatic ring is 1. The van der Waals surface area contributed by atoms with Crippen LogP contribution >= 0.6 is 23.5 Å². The first kappa shape index (κ1) is 13.0. The Morgan fingerprint density at radius 3 is 3.18 bits per heavy atom. The molecule has 0 aromatic heterocycles. The number of benzene rings is 1. The van der Waals surface area contributed by atoms with Gasteiger partial charge in [-0.05, 0) is 36.1 Å². The first-order chi connectivity index (χ1) is 8.31. The number of hydrogen-bond acceptors (Lipinski definition) is 4. The van der Waals surface area contributed by atoms with Crippen LogP contribution in [-0.4, -0.2) is 30.3 Å². The van der Waals surface area contributed by atoms with E-state index in [9.17, 15) is 0 Å². The molecular weight excluding hydrogens is 248 g/mol. The number of nitrogens with zero attached hydrogens (tertiary/aromatic N) is 1. The van der Waals surface area contributed by atoms with Crippen molar-refractivity contribution < 1.29 is 0 Å². The molecule has 0 radical (unpaired) electrons. The smallest absolute Gasteiger partial charge is 0.0525 e. The van der Waals surface area contributed by atoms with E-state index in [0.717, 1.165) is 18.8 Å². The Balaban J connectivity index is 1.98. The first-order valence-electron chi connectivity index (χ1n) is 6.16. The summed E-state index contributed by atoms with van der Waals surface area (Å²) in [6.45, 7) is 4.53. The molecule has 2 rings (SSSR count). The molecule has 0 amide bonds. The lowest BCUT2D eigenvalue weighted by molar-refractivity contribution is 0.786. The van der Waals surface area contributed by atoms with E-state index in [1.165, 1.54) is 34.3 Å². The molecule has 0 unspecified atom stereocenters. The van der Waals surface area contributed by atoms with Crippen LogP contribution < -0.4 is 10.6 Å². The minimum Gasteiger partial charge on any atom is -0.399 e. The van der Waals surface area contributed by atoms with E-state index in [1.807, 2.05) is 29.6 Å². The van der Waals surface area contributed by atoms with Gasteiger partial charge in [0.25, 0.3) is 0 Å². The highest BCUT2D eigenvalue weighted by atomic mass is 32.2. The van der Waals surface area contributed by atoms with Gasteiger partial charge in [0.2, 0.25) is 0 Å². The van der Waals surface area contributed by atoms with E-state index in [1.54, 1.807) is 0 Å². The summed E-state index contributed by atoms with van der Waals surface area (Å²) in [4.78, 5) is 3.87. The lowest BCUT2D eigenvalue weighted by Crippen LogP contribution is -2.30. The molecule has 2 N–H and O–H groups in total. The van der Waals surface area contributed by atoms with E-state index >= 15 is 0 Å². The van der Waals surface area contributed by atoms with E-state index in [-0.39, 0.29) is 0 Å². The average Bonchev–Trinajstić information content (AvgIpc) is 2.35. The topological polar surface area (TPSA) is 29.3 Å². The number of nitrogens with two attached hydrogens (primary N) is 1. The lowest BCUT2D eigenvalue weighted by Gasteiger charge is -2.31. The number of thioether (sulfide) groups is 2. The third kappa shape index (κ3) is 3.49. The fraction of sp³-hybridized carbons (Fsp3) is 0.538. The maximum Gasteiger partial charge on any atom is 0.0525 e. The molecule has 1 aliphatic heterocycles. The van der Waals surface area contributed by atoms with Crippen LogP contribution in [0.3, 0.4) is 0 Å². The standard InChI is InChI=1S/C13H20N2S2/c1-2-16-8-3-6-15-7-9-17-13-5-4-11(14)10-12(13)15/h4-5,10H,2-3,6-9,14H2,1H3. The third-order valence-corrected chi connectivity index (χ3v) is 4.89. The van der Waals surface area contributed by atoms with Gasteiger partial charge in [-0.1, -0.05) is 6.92 Å². The van der Waals surface area contributed by atoms with Crippen molar-refractivity contribution in [1.29, 1.82) is 0 Å². The molecule has 0 atom stereocenters. The van der Waals surface area contributed by atoms with Gasteiger partial charge >= 0.3 is 0 Å². The number of rotatable bonds is 5. The molecule has 0 spiro atoms. The second kappa shape index (κ2) is 6.45. The van der Waals surface area contributed by atoms with E-state index in [4.69, 9.17) is 5.73 Å². The molecule has 4 heteroatoms. The highest BCUT2D eigenvalue weighted by molar-refractivity contribution is 7.99. The van der Waals surface area contributed by atoms with Crippen LogP contribution in [0.4, 0.5) is 11.4 Å². The summed E-state index contributed by atoms with van der Waals surface area (Å²) in [5.41, 5.74) is 8.09. The van der Waals surface area contributed by atoms with Crippen LogP contribution in [0.15, 0.2) is 23.1 Å². The summed E-state index contributed by atoms with van der Waals surface area (Å²) < 4.78 is 0. The molecular formula is C13H20N2S2. The van der Waals surface area contributed by atoms with Gasteiger partial charge in [0.05, 0.1) is 5.69 Å². The van der Waals surface area contributed by atoms with E-state index in [0.29, 0.717) is 0 Å². The fourth-order valence-corrected chi connectivity index (χ4v) is 3.68. The monoisotopic (exact) mass is 268 g/mol. The predicted molar refractivity (Wildman–Crippen MR) is 81.4 cm³/mol. The highest BCUT2D eigenvalue weighted by Gasteiger charge is 2.16. The zero-order valence-electron chi connectivity index (χ0n) is 10.3. The van der Waals surface area contributed by atoms with Gasteiger partial charge in [-0.2, -0.15) is 11.8 Å². The van der Waals surface area contributed by atoms with Crippen LogP contribution in [0.2, 0.25) is 0 Å². The highest BCUT2D eigenvalue weighted by Crippen LogP contribution is 2.36. The maximum atomic E-state index is 5.88. The average molecular weight is 268 g/mol. The summed E-state index contributed by atoms with van der Waals surface area (Å²) in [7, 11) is 0. The molecule has 0 saturated heterocycles. The zero-order chi connectivity index (χ0) is 12.1. The summed E-state index contributed by atoms with van der Waals surface area (Å²) in [5, 5.41) is 0. The molecule has 0 bridgehead atoms. The van der Waals surface area contributed by atoms with Crippen molar-refractivity contribution in [3.8, 4) is 0 Å². The molecule has 0 aliphatic carbocycles. The summed E-state index contributed by atoms with van der Waals surface area (Å²) in [6.07, 6.45) is 1.26. The van der Waals surface area contributed by atoms with Crippen molar-refractivity contribution in [2.45, 2.75) is 18.2 Å². The molecule has 94 valence electrons. The zero-order valence-corrected chi connectivity index (χ0v) is 11.9. The number of hydrogen-bond donors (Lipinski definition) is 1.